The lowest BCUT2D eigenvalue weighted by Gasteiger charge is -2.08. The fraction of sp³-hybridized carbons (Fsp3) is 0.533. The zero-order valence-corrected chi connectivity index (χ0v) is 12.4. The number of benzene rings is 1. The number of hydrogen-bond donors (Lipinski definition) is 1. The molecule has 19 heavy (non-hydrogen) atoms. The predicted octanol–water partition coefficient (Wildman–Crippen LogP) is 3.31. The molecule has 0 heterocycles. The van der Waals surface area contributed by atoms with Crippen LogP contribution >= 0.6 is 0 Å². The molecule has 3 nitrogen and oxygen atoms in total. The minimum absolute atomic E-state index is 0.496. The van der Waals surface area contributed by atoms with E-state index in [0.29, 0.717) is 5.75 Å². The average Bonchev–Trinajstić information content (AvgIpc) is 2.39. The van der Waals surface area contributed by atoms with Gasteiger partial charge >= 0.3 is 5.97 Å². The number of rotatable bonds is 8. The lowest BCUT2D eigenvalue weighted by Crippen LogP contribution is -2.07. The fourth-order valence-corrected chi connectivity index (χ4v) is 3.05. The molecule has 0 saturated heterocycles. The number of carboxylic acid groups (broad SMARTS) is 1. The second kappa shape index (κ2) is 8.10. The topological polar surface area (TPSA) is 54.4 Å². The molecule has 1 rings (SSSR count). The van der Waals surface area contributed by atoms with Gasteiger partial charge in [-0.05, 0) is 24.5 Å². The molecule has 1 aromatic rings. The van der Waals surface area contributed by atoms with E-state index < -0.39 is 22.7 Å². The highest BCUT2D eigenvalue weighted by atomic mass is 32.2. The highest BCUT2D eigenvalue weighted by molar-refractivity contribution is 7.84. The van der Waals surface area contributed by atoms with E-state index in [4.69, 9.17) is 5.11 Å². The molecule has 1 N–H and O–H groups in total. The number of aliphatic carboxylic acids is 1. The van der Waals surface area contributed by atoms with Gasteiger partial charge in [0, 0.05) is 22.3 Å². The van der Waals surface area contributed by atoms with Crippen LogP contribution in [-0.2, 0) is 21.3 Å². The van der Waals surface area contributed by atoms with E-state index in [9.17, 15) is 9.00 Å². The van der Waals surface area contributed by atoms with Gasteiger partial charge in [0.2, 0.25) is 0 Å². The molecule has 2 unspecified atom stereocenters. The molecule has 4 heteroatoms. The van der Waals surface area contributed by atoms with Crippen LogP contribution in [0, 0.1) is 0 Å². The second-order valence-electron chi connectivity index (χ2n) is 4.80. The Bertz CT molecular complexity index is 426. The summed E-state index contributed by atoms with van der Waals surface area (Å²) in [7, 11) is -0.815. The summed E-state index contributed by atoms with van der Waals surface area (Å²) >= 11 is 0. The molecule has 0 aliphatic heterocycles. The lowest BCUT2D eigenvalue weighted by molar-refractivity contribution is -0.138. The number of unbranched alkanes of at least 4 members (excludes halogenated alkanes) is 2. The summed E-state index contributed by atoms with van der Waals surface area (Å²) in [5.41, 5.74) is 1.80. The lowest BCUT2D eigenvalue weighted by atomic mass is 10.0. The van der Waals surface area contributed by atoms with Crippen molar-refractivity contribution in [3.05, 3.63) is 35.4 Å². The van der Waals surface area contributed by atoms with E-state index in [0.717, 1.165) is 36.1 Å². The molecule has 2 atom stereocenters. The van der Waals surface area contributed by atoms with E-state index in [-0.39, 0.29) is 0 Å². The van der Waals surface area contributed by atoms with Crippen molar-refractivity contribution in [1.29, 1.82) is 0 Å². The second-order valence-corrected chi connectivity index (χ2v) is 6.37. The molecule has 106 valence electrons. The van der Waals surface area contributed by atoms with Gasteiger partial charge in [-0.25, -0.2) is 0 Å². The first-order valence-electron chi connectivity index (χ1n) is 6.71. The quantitative estimate of drug-likeness (QED) is 0.744. The zero-order chi connectivity index (χ0) is 14.3. The Hall–Kier alpha value is -1.16. The van der Waals surface area contributed by atoms with Crippen LogP contribution in [0.5, 0.6) is 0 Å². The van der Waals surface area contributed by atoms with Gasteiger partial charge < -0.3 is 5.11 Å². The summed E-state index contributed by atoms with van der Waals surface area (Å²) in [6.45, 7) is 3.80. The Kier molecular flexibility index (Phi) is 6.78. The van der Waals surface area contributed by atoms with Gasteiger partial charge in [0.25, 0.3) is 0 Å². The molecule has 1 aromatic carbocycles. The average molecular weight is 282 g/mol. The third-order valence-corrected chi connectivity index (χ3v) is 4.55. The predicted molar refractivity (Wildman–Crippen MR) is 78.7 cm³/mol. The summed E-state index contributed by atoms with van der Waals surface area (Å²) in [4.78, 5) is 10.9. The standard InChI is InChI=1S/C15H22O3S/c1-3-4-5-10-19(18)11-13-6-8-14(9-7-13)12(2)15(16)17/h6-9,12H,3-5,10-11H2,1-2H3,(H,16,17). The van der Waals surface area contributed by atoms with Crippen LogP contribution in [0.1, 0.15) is 50.2 Å². The van der Waals surface area contributed by atoms with Gasteiger partial charge in [-0.3, -0.25) is 9.00 Å². The van der Waals surface area contributed by atoms with Gasteiger partial charge in [0.15, 0.2) is 0 Å². The minimum atomic E-state index is -0.823. The minimum Gasteiger partial charge on any atom is -0.481 e. The molecule has 0 amide bonds. The molecule has 0 radical (unpaired) electrons. The molecule has 0 aliphatic rings. The van der Waals surface area contributed by atoms with Gasteiger partial charge in [-0.15, -0.1) is 0 Å². The SMILES string of the molecule is CCCCCS(=O)Cc1ccc(C(C)C(=O)O)cc1. The van der Waals surface area contributed by atoms with E-state index >= 15 is 0 Å². The molecule has 0 bridgehead atoms. The molecule has 0 aromatic heterocycles. The highest BCUT2D eigenvalue weighted by Gasteiger charge is 2.13. The van der Waals surface area contributed by atoms with E-state index in [2.05, 4.69) is 6.92 Å². The molecule has 0 spiro atoms. The first-order valence-corrected chi connectivity index (χ1v) is 8.20. The first-order chi connectivity index (χ1) is 9.04. The van der Waals surface area contributed by atoms with Crippen molar-refractivity contribution in [2.24, 2.45) is 0 Å². The molecule has 0 aliphatic carbocycles. The highest BCUT2D eigenvalue weighted by Crippen LogP contribution is 2.17. The van der Waals surface area contributed by atoms with Crippen molar-refractivity contribution >= 4 is 16.8 Å². The summed E-state index contributed by atoms with van der Waals surface area (Å²) in [6.07, 6.45) is 3.27. The van der Waals surface area contributed by atoms with Gasteiger partial charge in [-0.1, -0.05) is 44.0 Å². The van der Waals surface area contributed by atoms with Crippen LogP contribution in [-0.4, -0.2) is 21.0 Å². The Morgan fingerprint density at radius 3 is 2.42 bits per heavy atom. The monoisotopic (exact) mass is 282 g/mol. The summed E-state index contributed by atoms with van der Waals surface area (Å²) in [5, 5.41) is 8.92. The van der Waals surface area contributed by atoms with E-state index in [1.165, 1.54) is 0 Å². The van der Waals surface area contributed by atoms with Crippen LogP contribution < -0.4 is 0 Å². The van der Waals surface area contributed by atoms with Crippen molar-refractivity contribution in [2.45, 2.75) is 44.8 Å². The maximum Gasteiger partial charge on any atom is 0.310 e. The molecule has 0 saturated carbocycles. The van der Waals surface area contributed by atoms with Crippen molar-refractivity contribution in [3.8, 4) is 0 Å². The maximum atomic E-state index is 11.8. The fourth-order valence-electron chi connectivity index (χ4n) is 1.82. The number of carbonyl (C=O) groups is 1. The maximum absolute atomic E-state index is 11.8. The smallest absolute Gasteiger partial charge is 0.310 e. The number of hydrogen-bond acceptors (Lipinski definition) is 2. The zero-order valence-electron chi connectivity index (χ0n) is 11.6. The molecule has 0 fully saturated rings. The van der Waals surface area contributed by atoms with Crippen LogP contribution in [0.4, 0.5) is 0 Å². The Morgan fingerprint density at radius 2 is 1.89 bits per heavy atom. The van der Waals surface area contributed by atoms with Crippen LogP contribution in [0.15, 0.2) is 24.3 Å². The van der Waals surface area contributed by atoms with Crippen molar-refractivity contribution < 1.29 is 14.1 Å². The van der Waals surface area contributed by atoms with Gasteiger partial charge in [-0.2, -0.15) is 0 Å². The molecular weight excluding hydrogens is 260 g/mol. The van der Waals surface area contributed by atoms with Crippen LogP contribution in [0.2, 0.25) is 0 Å². The van der Waals surface area contributed by atoms with Crippen molar-refractivity contribution in [2.75, 3.05) is 5.75 Å². The normalized spacial score (nSPS) is 14.0. The molecular formula is C15H22O3S. The van der Waals surface area contributed by atoms with Crippen LogP contribution in [0.25, 0.3) is 0 Å². The third kappa shape index (κ3) is 5.55. The first kappa shape index (κ1) is 15.9. The van der Waals surface area contributed by atoms with E-state index in [1.807, 2.05) is 24.3 Å². The summed E-state index contributed by atoms with van der Waals surface area (Å²) in [6, 6.07) is 7.40. The summed E-state index contributed by atoms with van der Waals surface area (Å²) in [5.74, 6) is -0.00738. The van der Waals surface area contributed by atoms with Gasteiger partial charge in [0.1, 0.15) is 0 Å². The van der Waals surface area contributed by atoms with E-state index in [1.54, 1.807) is 6.92 Å². The van der Waals surface area contributed by atoms with Crippen molar-refractivity contribution in [3.63, 3.8) is 0 Å². The Morgan fingerprint density at radius 1 is 1.26 bits per heavy atom. The summed E-state index contributed by atoms with van der Waals surface area (Å²) < 4.78 is 11.8. The number of carboxylic acids is 1. The largest absolute Gasteiger partial charge is 0.481 e. The third-order valence-electron chi connectivity index (χ3n) is 3.15. The Labute approximate surface area is 117 Å². The van der Waals surface area contributed by atoms with Crippen LogP contribution in [0.3, 0.4) is 0 Å². The van der Waals surface area contributed by atoms with Crippen molar-refractivity contribution in [1.82, 2.24) is 0 Å². The van der Waals surface area contributed by atoms with Gasteiger partial charge in [0.05, 0.1) is 5.92 Å². The Balaban J connectivity index is 2.52.